The number of phenols is 1. The normalized spacial score (nSPS) is 12.2. The van der Waals surface area contributed by atoms with Gasteiger partial charge in [-0.2, -0.15) is 0 Å². The molecule has 0 bridgehead atoms. The van der Waals surface area contributed by atoms with E-state index in [4.69, 9.17) is 4.74 Å². The van der Waals surface area contributed by atoms with E-state index in [0.717, 1.165) is 5.56 Å². The van der Waals surface area contributed by atoms with Crippen LogP contribution in [-0.2, 0) is 6.54 Å². The van der Waals surface area contributed by atoms with Gasteiger partial charge < -0.3 is 15.2 Å². The van der Waals surface area contributed by atoms with Crippen molar-refractivity contribution in [3.05, 3.63) is 59.2 Å². The van der Waals surface area contributed by atoms with Gasteiger partial charge >= 0.3 is 0 Å². The lowest BCUT2D eigenvalue weighted by Gasteiger charge is -2.16. The van der Waals surface area contributed by atoms with Gasteiger partial charge in [0.25, 0.3) is 0 Å². The van der Waals surface area contributed by atoms with Crippen molar-refractivity contribution >= 4 is 0 Å². The standard InChI is InChI=1S/C17H21NO2/c1-12-6-4-7-14(10-12)13(2)18-11-15-8-5-9-16(20-3)17(15)19/h4-10,13,18-19H,11H2,1-3H3/t13-/m1/s1. The van der Waals surface area contributed by atoms with Gasteiger partial charge in [0.15, 0.2) is 11.5 Å². The summed E-state index contributed by atoms with van der Waals surface area (Å²) in [6.45, 7) is 4.80. The fourth-order valence-electron chi connectivity index (χ4n) is 2.20. The summed E-state index contributed by atoms with van der Waals surface area (Å²) < 4.78 is 5.12. The van der Waals surface area contributed by atoms with Crippen LogP contribution in [-0.4, -0.2) is 12.2 Å². The molecule has 3 nitrogen and oxygen atoms in total. The van der Waals surface area contributed by atoms with E-state index in [1.54, 1.807) is 13.2 Å². The van der Waals surface area contributed by atoms with Crippen LogP contribution in [0.2, 0.25) is 0 Å². The number of aryl methyl sites for hydroxylation is 1. The first kappa shape index (κ1) is 14.4. The Bertz CT molecular complexity index is 581. The van der Waals surface area contributed by atoms with Crippen molar-refractivity contribution in [2.45, 2.75) is 26.4 Å². The highest BCUT2D eigenvalue weighted by atomic mass is 16.5. The lowest BCUT2D eigenvalue weighted by atomic mass is 10.1. The topological polar surface area (TPSA) is 41.5 Å². The maximum atomic E-state index is 10.1. The fourth-order valence-corrected chi connectivity index (χ4v) is 2.20. The molecule has 2 aromatic carbocycles. The highest BCUT2D eigenvalue weighted by Gasteiger charge is 2.09. The highest BCUT2D eigenvalue weighted by Crippen LogP contribution is 2.29. The minimum absolute atomic E-state index is 0.207. The molecule has 0 fully saturated rings. The Kier molecular flexibility index (Phi) is 4.64. The minimum atomic E-state index is 0.207. The Morgan fingerprint density at radius 3 is 2.65 bits per heavy atom. The fraction of sp³-hybridized carbons (Fsp3) is 0.294. The predicted molar refractivity (Wildman–Crippen MR) is 81.1 cm³/mol. The number of aromatic hydroxyl groups is 1. The van der Waals surface area contributed by atoms with E-state index in [9.17, 15) is 5.11 Å². The van der Waals surface area contributed by atoms with E-state index < -0.39 is 0 Å². The van der Waals surface area contributed by atoms with Crippen LogP contribution in [0.15, 0.2) is 42.5 Å². The number of hydrogen-bond acceptors (Lipinski definition) is 3. The molecule has 0 radical (unpaired) electrons. The van der Waals surface area contributed by atoms with Gasteiger partial charge in [-0.25, -0.2) is 0 Å². The zero-order valence-electron chi connectivity index (χ0n) is 12.2. The first-order chi connectivity index (χ1) is 9.61. The molecule has 0 spiro atoms. The molecule has 0 unspecified atom stereocenters. The number of methoxy groups -OCH3 is 1. The van der Waals surface area contributed by atoms with E-state index in [1.165, 1.54) is 11.1 Å². The smallest absolute Gasteiger partial charge is 0.162 e. The lowest BCUT2D eigenvalue weighted by Crippen LogP contribution is -2.18. The van der Waals surface area contributed by atoms with Gasteiger partial charge in [-0.1, -0.05) is 42.0 Å². The molecule has 20 heavy (non-hydrogen) atoms. The summed E-state index contributed by atoms with van der Waals surface area (Å²) in [4.78, 5) is 0. The first-order valence-corrected chi connectivity index (χ1v) is 6.76. The predicted octanol–water partition coefficient (Wildman–Crippen LogP) is 3.56. The second kappa shape index (κ2) is 6.44. The number of para-hydroxylation sites is 1. The Morgan fingerprint density at radius 1 is 1.20 bits per heavy atom. The maximum absolute atomic E-state index is 10.1. The van der Waals surface area contributed by atoms with Crippen LogP contribution in [0.1, 0.15) is 29.7 Å². The average Bonchev–Trinajstić information content (AvgIpc) is 2.46. The molecule has 1 atom stereocenters. The number of hydrogen-bond donors (Lipinski definition) is 2. The molecule has 0 heterocycles. The van der Waals surface area contributed by atoms with Crippen LogP contribution < -0.4 is 10.1 Å². The zero-order valence-corrected chi connectivity index (χ0v) is 12.2. The number of nitrogens with one attached hydrogen (secondary N) is 1. The van der Waals surface area contributed by atoms with Crippen LogP contribution in [0.4, 0.5) is 0 Å². The SMILES string of the molecule is COc1cccc(CN[C@H](C)c2cccc(C)c2)c1O. The van der Waals surface area contributed by atoms with Crippen molar-refractivity contribution in [3.8, 4) is 11.5 Å². The largest absolute Gasteiger partial charge is 0.504 e. The number of phenolic OH excluding ortho intramolecular Hbond substituents is 1. The van der Waals surface area contributed by atoms with Crippen molar-refractivity contribution in [2.24, 2.45) is 0 Å². The van der Waals surface area contributed by atoms with Crippen LogP contribution in [0.25, 0.3) is 0 Å². The van der Waals surface area contributed by atoms with Gasteiger partial charge in [0.2, 0.25) is 0 Å². The molecular weight excluding hydrogens is 250 g/mol. The third-order valence-electron chi connectivity index (χ3n) is 3.44. The van der Waals surface area contributed by atoms with Crippen molar-refractivity contribution in [3.63, 3.8) is 0 Å². The van der Waals surface area contributed by atoms with Gasteiger partial charge in [-0.05, 0) is 25.5 Å². The first-order valence-electron chi connectivity index (χ1n) is 6.76. The van der Waals surface area contributed by atoms with E-state index in [-0.39, 0.29) is 11.8 Å². The van der Waals surface area contributed by atoms with Crippen LogP contribution >= 0.6 is 0 Å². The van der Waals surface area contributed by atoms with Crippen molar-refractivity contribution in [1.82, 2.24) is 5.32 Å². The molecule has 0 aliphatic rings. The van der Waals surface area contributed by atoms with Crippen molar-refractivity contribution in [2.75, 3.05) is 7.11 Å². The van der Waals surface area contributed by atoms with Crippen molar-refractivity contribution in [1.29, 1.82) is 0 Å². The number of ether oxygens (including phenoxy) is 1. The molecule has 2 N–H and O–H groups in total. The van der Waals surface area contributed by atoms with Crippen LogP contribution in [0, 0.1) is 6.92 Å². The van der Waals surface area contributed by atoms with Crippen LogP contribution in [0.5, 0.6) is 11.5 Å². The van der Waals surface area contributed by atoms with E-state index in [1.807, 2.05) is 12.1 Å². The Hall–Kier alpha value is -2.00. The summed E-state index contributed by atoms with van der Waals surface area (Å²) in [5.41, 5.74) is 3.33. The molecule has 2 rings (SSSR count). The maximum Gasteiger partial charge on any atom is 0.162 e. The molecule has 3 heteroatoms. The van der Waals surface area contributed by atoms with E-state index in [0.29, 0.717) is 12.3 Å². The molecule has 0 aromatic heterocycles. The molecule has 0 saturated carbocycles. The summed E-state index contributed by atoms with van der Waals surface area (Å²) in [6, 6.07) is 14.2. The van der Waals surface area contributed by atoms with Gasteiger partial charge in [0.1, 0.15) is 0 Å². The summed E-state index contributed by atoms with van der Waals surface area (Å²) in [5.74, 6) is 0.714. The van der Waals surface area contributed by atoms with E-state index in [2.05, 4.69) is 43.4 Å². The Labute approximate surface area is 120 Å². The van der Waals surface area contributed by atoms with Crippen LogP contribution in [0.3, 0.4) is 0 Å². The molecule has 0 aliphatic heterocycles. The highest BCUT2D eigenvalue weighted by molar-refractivity contribution is 5.45. The third-order valence-corrected chi connectivity index (χ3v) is 3.44. The average molecular weight is 271 g/mol. The minimum Gasteiger partial charge on any atom is -0.504 e. The molecule has 0 aliphatic carbocycles. The molecule has 0 saturated heterocycles. The molecular formula is C17H21NO2. The van der Waals surface area contributed by atoms with Gasteiger partial charge in [-0.3, -0.25) is 0 Å². The third kappa shape index (κ3) is 3.31. The summed E-state index contributed by atoms with van der Waals surface area (Å²) in [7, 11) is 1.56. The zero-order chi connectivity index (χ0) is 14.5. The van der Waals surface area contributed by atoms with Gasteiger partial charge in [0, 0.05) is 18.2 Å². The van der Waals surface area contributed by atoms with Gasteiger partial charge in [0.05, 0.1) is 7.11 Å². The summed E-state index contributed by atoms with van der Waals surface area (Å²) >= 11 is 0. The quantitative estimate of drug-likeness (QED) is 0.873. The molecule has 0 amide bonds. The second-order valence-electron chi connectivity index (χ2n) is 4.98. The molecule has 106 valence electrons. The second-order valence-corrected chi connectivity index (χ2v) is 4.98. The van der Waals surface area contributed by atoms with Gasteiger partial charge in [-0.15, -0.1) is 0 Å². The Balaban J connectivity index is 2.05. The monoisotopic (exact) mass is 271 g/mol. The summed E-state index contributed by atoms with van der Waals surface area (Å²) in [5, 5.41) is 13.5. The molecule has 2 aromatic rings. The lowest BCUT2D eigenvalue weighted by molar-refractivity contribution is 0.369. The Morgan fingerprint density at radius 2 is 1.95 bits per heavy atom. The van der Waals surface area contributed by atoms with Crippen molar-refractivity contribution < 1.29 is 9.84 Å². The number of rotatable bonds is 5. The summed E-state index contributed by atoms with van der Waals surface area (Å²) in [6.07, 6.45) is 0. The van der Waals surface area contributed by atoms with E-state index >= 15 is 0 Å². The number of benzene rings is 2.